The van der Waals surface area contributed by atoms with E-state index in [1.54, 1.807) is 36.4 Å². The molecule has 1 amide bonds. The number of amides is 1. The Morgan fingerprint density at radius 1 is 1.26 bits per heavy atom. The second kappa shape index (κ2) is 5.54. The van der Waals surface area contributed by atoms with Gasteiger partial charge in [0.15, 0.2) is 0 Å². The summed E-state index contributed by atoms with van der Waals surface area (Å²) in [5.41, 5.74) is 9.15. The van der Waals surface area contributed by atoms with E-state index in [-0.39, 0.29) is 12.5 Å². The minimum atomic E-state index is -0.217. The Morgan fingerprint density at radius 3 is 2.74 bits per heavy atom. The zero-order valence-corrected chi connectivity index (χ0v) is 10.7. The van der Waals surface area contributed by atoms with Gasteiger partial charge in [0.25, 0.3) is 5.91 Å². The van der Waals surface area contributed by atoms with Crippen LogP contribution in [0.2, 0.25) is 0 Å². The molecule has 0 bridgehead atoms. The monoisotopic (exact) mass is 256 g/mol. The lowest BCUT2D eigenvalue weighted by Crippen LogP contribution is -2.12. The van der Waals surface area contributed by atoms with E-state index in [9.17, 15) is 4.79 Å². The molecule has 0 radical (unpaired) electrons. The number of hydrogen-bond acceptors (Lipinski definition) is 3. The smallest absolute Gasteiger partial charge is 0.255 e. The Balaban J connectivity index is 2.20. The predicted octanol–water partition coefficient (Wildman–Crippen LogP) is 2.32. The van der Waals surface area contributed by atoms with Gasteiger partial charge in [0, 0.05) is 16.9 Å². The van der Waals surface area contributed by atoms with Crippen molar-refractivity contribution in [3.8, 4) is 0 Å². The van der Waals surface area contributed by atoms with Crippen molar-refractivity contribution in [2.75, 3.05) is 11.1 Å². The quantitative estimate of drug-likeness (QED) is 0.738. The van der Waals surface area contributed by atoms with E-state index in [4.69, 9.17) is 10.8 Å². The van der Waals surface area contributed by atoms with Gasteiger partial charge >= 0.3 is 0 Å². The van der Waals surface area contributed by atoms with Gasteiger partial charge in [-0.2, -0.15) is 0 Å². The van der Waals surface area contributed by atoms with Gasteiger partial charge < -0.3 is 16.2 Å². The molecule has 0 atom stereocenters. The molecule has 2 aromatic carbocycles. The molecule has 98 valence electrons. The number of aliphatic hydroxyl groups excluding tert-OH is 1. The summed E-state index contributed by atoms with van der Waals surface area (Å²) in [6.07, 6.45) is 0. The lowest BCUT2D eigenvalue weighted by molar-refractivity contribution is 0.102. The van der Waals surface area contributed by atoms with E-state index in [0.717, 1.165) is 11.1 Å². The Labute approximate surface area is 111 Å². The van der Waals surface area contributed by atoms with Gasteiger partial charge in [0.1, 0.15) is 0 Å². The maximum atomic E-state index is 12.1. The first-order valence-corrected chi connectivity index (χ1v) is 5.97. The third kappa shape index (κ3) is 3.33. The number of carbonyl (C=O) groups is 1. The fourth-order valence-electron chi connectivity index (χ4n) is 1.89. The molecule has 0 fully saturated rings. The average molecular weight is 256 g/mol. The van der Waals surface area contributed by atoms with Crippen molar-refractivity contribution >= 4 is 17.3 Å². The number of nitrogens with one attached hydrogen (secondary N) is 1. The summed E-state index contributed by atoms with van der Waals surface area (Å²) in [5, 5.41) is 11.8. The van der Waals surface area contributed by atoms with Crippen LogP contribution in [0.1, 0.15) is 21.5 Å². The van der Waals surface area contributed by atoms with Crippen molar-refractivity contribution in [3.05, 3.63) is 59.2 Å². The van der Waals surface area contributed by atoms with Crippen molar-refractivity contribution in [2.45, 2.75) is 13.5 Å². The maximum absolute atomic E-state index is 12.1. The number of nitrogen functional groups attached to an aromatic ring is 1. The summed E-state index contributed by atoms with van der Waals surface area (Å²) in [4.78, 5) is 12.1. The van der Waals surface area contributed by atoms with E-state index >= 15 is 0 Å². The van der Waals surface area contributed by atoms with Crippen molar-refractivity contribution in [3.63, 3.8) is 0 Å². The third-order valence-electron chi connectivity index (χ3n) is 2.73. The SMILES string of the molecule is Cc1cc(N)cc(C(=O)Nc2cccc(CO)c2)c1. The van der Waals surface area contributed by atoms with Gasteiger partial charge in [-0.25, -0.2) is 0 Å². The molecule has 0 unspecified atom stereocenters. The van der Waals surface area contributed by atoms with Crippen molar-refractivity contribution < 1.29 is 9.90 Å². The minimum Gasteiger partial charge on any atom is -0.399 e. The number of rotatable bonds is 3. The first-order chi connectivity index (χ1) is 9.08. The molecule has 0 aromatic heterocycles. The molecule has 4 nitrogen and oxygen atoms in total. The molecule has 0 aliphatic rings. The Kier molecular flexibility index (Phi) is 3.82. The van der Waals surface area contributed by atoms with Crippen LogP contribution in [0.4, 0.5) is 11.4 Å². The molecular weight excluding hydrogens is 240 g/mol. The minimum absolute atomic E-state index is 0.0545. The fourth-order valence-corrected chi connectivity index (χ4v) is 1.89. The molecule has 0 aliphatic heterocycles. The highest BCUT2D eigenvalue weighted by molar-refractivity contribution is 6.04. The lowest BCUT2D eigenvalue weighted by Gasteiger charge is -2.08. The second-order valence-electron chi connectivity index (χ2n) is 4.44. The van der Waals surface area contributed by atoms with Gasteiger partial charge in [-0.3, -0.25) is 4.79 Å². The fraction of sp³-hybridized carbons (Fsp3) is 0.133. The van der Waals surface area contributed by atoms with Crippen LogP contribution in [0.25, 0.3) is 0 Å². The Hall–Kier alpha value is -2.33. The summed E-state index contributed by atoms with van der Waals surface area (Å²) < 4.78 is 0. The zero-order chi connectivity index (χ0) is 13.8. The number of hydrogen-bond donors (Lipinski definition) is 3. The van der Waals surface area contributed by atoms with Crippen molar-refractivity contribution in [1.82, 2.24) is 0 Å². The van der Waals surface area contributed by atoms with Crippen molar-refractivity contribution in [2.24, 2.45) is 0 Å². The second-order valence-corrected chi connectivity index (χ2v) is 4.44. The number of carbonyl (C=O) groups excluding carboxylic acids is 1. The number of anilines is 2. The molecule has 0 saturated carbocycles. The van der Waals surface area contributed by atoms with Crippen molar-refractivity contribution in [1.29, 1.82) is 0 Å². The number of nitrogens with two attached hydrogens (primary N) is 1. The van der Waals surface area contributed by atoms with Gasteiger partial charge in [-0.05, 0) is 48.4 Å². The maximum Gasteiger partial charge on any atom is 0.255 e. The van der Waals surface area contributed by atoms with E-state index < -0.39 is 0 Å². The first-order valence-electron chi connectivity index (χ1n) is 5.97. The van der Waals surface area contributed by atoms with Gasteiger partial charge in [-0.1, -0.05) is 12.1 Å². The topological polar surface area (TPSA) is 75.4 Å². The summed E-state index contributed by atoms with van der Waals surface area (Å²) >= 11 is 0. The third-order valence-corrected chi connectivity index (χ3v) is 2.73. The van der Waals surface area contributed by atoms with Gasteiger partial charge in [-0.15, -0.1) is 0 Å². The van der Waals surface area contributed by atoms with E-state index in [0.29, 0.717) is 16.9 Å². The highest BCUT2D eigenvalue weighted by Crippen LogP contribution is 2.15. The van der Waals surface area contributed by atoms with Crippen LogP contribution >= 0.6 is 0 Å². The van der Waals surface area contributed by atoms with Crippen LogP contribution in [-0.2, 0) is 6.61 Å². The standard InChI is InChI=1S/C15H16N2O2/c1-10-5-12(8-13(16)6-10)15(19)17-14-4-2-3-11(7-14)9-18/h2-8,18H,9,16H2,1H3,(H,17,19). The number of aliphatic hydroxyl groups is 1. The highest BCUT2D eigenvalue weighted by Gasteiger charge is 2.07. The largest absolute Gasteiger partial charge is 0.399 e. The molecule has 0 heterocycles. The van der Waals surface area contributed by atoms with Gasteiger partial charge in [0.05, 0.1) is 6.61 Å². The van der Waals surface area contributed by atoms with Crippen LogP contribution < -0.4 is 11.1 Å². The lowest BCUT2D eigenvalue weighted by atomic mass is 10.1. The predicted molar refractivity (Wildman–Crippen MR) is 75.9 cm³/mol. The molecule has 2 rings (SSSR count). The Morgan fingerprint density at radius 2 is 2.05 bits per heavy atom. The van der Waals surface area contributed by atoms with Crippen LogP contribution in [0, 0.1) is 6.92 Å². The van der Waals surface area contributed by atoms with Crippen LogP contribution in [-0.4, -0.2) is 11.0 Å². The van der Waals surface area contributed by atoms with Crippen LogP contribution in [0.15, 0.2) is 42.5 Å². The molecule has 0 saturated heterocycles. The van der Waals surface area contributed by atoms with E-state index in [2.05, 4.69) is 5.32 Å². The molecule has 19 heavy (non-hydrogen) atoms. The molecule has 4 N–H and O–H groups in total. The number of benzene rings is 2. The normalized spacial score (nSPS) is 10.2. The van der Waals surface area contributed by atoms with Crippen LogP contribution in [0.3, 0.4) is 0 Å². The highest BCUT2D eigenvalue weighted by atomic mass is 16.3. The van der Waals surface area contributed by atoms with Crippen LogP contribution in [0.5, 0.6) is 0 Å². The molecule has 4 heteroatoms. The Bertz CT molecular complexity index is 589. The average Bonchev–Trinajstić information content (AvgIpc) is 2.37. The zero-order valence-electron chi connectivity index (χ0n) is 10.7. The van der Waals surface area contributed by atoms with Gasteiger partial charge in [0.2, 0.25) is 0 Å². The number of aryl methyl sites for hydroxylation is 1. The molecule has 0 spiro atoms. The first kappa shape index (κ1) is 13.1. The van der Waals surface area contributed by atoms with E-state index in [1.807, 2.05) is 13.0 Å². The summed E-state index contributed by atoms with van der Waals surface area (Å²) in [6, 6.07) is 12.3. The summed E-state index contributed by atoms with van der Waals surface area (Å²) in [7, 11) is 0. The molecular formula is C15H16N2O2. The molecule has 2 aromatic rings. The van der Waals surface area contributed by atoms with E-state index in [1.165, 1.54) is 0 Å². The summed E-state index contributed by atoms with van der Waals surface area (Å²) in [5.74, 6) is -0.217. The molecule has 0 aliphatic carbocycles. The summed E-state index contributed by atoms with van der Waals surface area (Å²) in [6.45, 7) is 1.83.